The fourth-order valence-electron chi connectivity index (χ4n) is 4.84. The standard InChI is InChI=1S/C23H27F3N4O2/c1-3-30-20-14-29(15(2)31)13-10-18(20)21(27-30)22(32)28-11-8-16(9-12-28)17-6-4-5-7-19(17)23(24,25)26/h4-7,16H,3,8-14H2,1-2H3. The van der Waals surface area contributed by atoms with Crippen molar-refractivity contribution >= 4 is 11.8 Å². The Morgan fingerprint density at radius 2 is 1.78 bits per heavy atom. The number of piperidine rings is 1. The predicted molar refractivity (Wildman–Crippen MR) is 112 cm³/mol. The molecule has 3 heterocycles. The largest absolute Gasteiger partial charge is 0.416 e. The van der Waals surface area contributed by atoms with Crippen molar-refractivity contribution in [3.05, 3.63) is 52.3 Å². The Morgan fingerprint density at radius 3 is 2.41 bits per heavy atom. The molecule has 2 aliphatic heterocycles. The van der Waals surface area contributed by atoms with Gasteiger partial charge in [-0.3, -0.25) is 14.3 Å². The van der Waals surface area contributed by atoms with E-state index in [1.807, 2.05) is 6.92 Å². The minimum atomic E-state index is -4.39. The first-order valence-electron chi connectivity index (χ1n) is 11.0. The van der Waals surface area contributed by atoms with Gasteiger partial charge in [-0.05, 0) is 43.7 Å². The zero-order valence-electron chi connectivity index (χ0n) is 18.3. The number of hydrogen-bond donors (Lipinski definition) is 0. The number of hydrogen-bond acceptors (Lipinski definition) is 3. The molecule has 1 aromatic heterocycles. The first-order valence-corrected chi connectivity index (χ1v) is 11.0. The molecule has 172 valence electrons. The number of likely N-dealkylation sites (tertiary alicyclic amines) is 1. The molecule has 1 saturated heterocycles. The molecular weight excluding hydrogens is 421 g/mol. The minimum absolute atomic E-state index is 0.00594. The third kappa shape index (κ3) is 4.12. The van der Waals surface area contributed by atoms with Gasteiger partial charge in [-0.1, -0.05) is 18.2 Å². The fraction of sp³-hybridized carbons (Fsp3) is 0.522. The topological polar surface area (TPSA) is 58.4 Å². The van der Waals surface area contributed by atoms with E-state index >= 15 is 0 Å². The van der Waals surface area contributed by atoms with E-state index in [0.29, 0.717) is 63.2 Å². The summed E-state index contributed by atoms with van der Waals surface area (Å²) in [6.45, 7) is 5.84. The summed E-state index contributed by atoms with van der Waals surface area (Å²) in [7, 11) is 0. The lowest BCUT2D eigenvalue weighted by Crippen LogP contribution is -2.39. The van der Waals surface area contributed by atoms with Crippen LogP contribution < -0.4 is 0 Å². The molecule has 0 bridgehead atoms. The second-order valence-corrected chi connectivity index (χ2v) is 8.43. The third-order valence-electron chi connectivity index (χ3n) is 6.57. The quantitative estimate of drug-likeness (QED) is 0.717. The van der Waals surface area contributed by atoms with Crippen LogP contribution in [-0.2, 0) is 30.5 Å². The highest BCUT2D eigenvalue weighted by atomic mass is 19.4. The highest BCUT2D eigenvalue weighted by Crippen LogP contribution is 2.39. The number of fused-ring (bicyclic) bond motifs is 1. The van der Waals surface area contributed by atoms with Crippen LogP contribution in [0.5, 0.6) is 0 Å². The van der Waals surface area contributed by atoms with Gasteiger partial charge in [-0.2, -0.15) is 18.3 Å². The van der Waals surface area contributed by atoms with Crippen LogP contribution in [0.25, 0.3) is 0 Å². The number of rotatable bonds is 3. The van der Waals surface area contributed by atoms with Gasteiger partial charge in [-0.15, -0.1) is 0 Å². The van der Waals surface area contributed by atoms with Crippen molar-refractivity contribution < 1.29 is 22.8 Å². The van der Waals surface area contributed by atoms with E-state index < -0.39 is 11.7 Å². The van der Waals surface area contributed by atoms with Gasteiger partial charge >= 0.3 is 6.18 Å². The highest BCUT2D eigenvalue weighted by Gasteiger charge is 2.37. The Morgan fingerprint density at radius 1 is 1.09 bits per heavy atom. The molecular formula is C23H27F3N4O2. The second-order valence-electron chi connectivity index (χ2n) is 8.43. The Hall–Kier alpha value is -2.84. The average Bonchev–Trinajstić information content (AvgIpc) is 3.16. The van der Waals surface area contributed by atoms with Crippen LogP contribution in [0.2, 0.25) is 0 Å². The van der Waals surface area contributed by atoms with Gasteiger partial charge in [-0.25, -0.2) is 0 Å². The van der Waals surface area contributed by atoms with Crippen LogP contribution in [0, 0.1) is 0 Å². The number of aromatic nitrogens is 2. The van der Waals surface area contributed by atoms with Gasteiger partial charge < -0.3 is 9.80 Å². The maximum Gasteiger partial charge on any atom is 0.416 e. The van der Waals surface area contributed by atoms with Crippen molar-refractivity contribution in [2.75, 3.05) is 19.6 Å². The summed E-state index contributed by atoms with van der Waals surface area (Å²) in [6.07, 6.45) is -2.85. The molecule has 2 aromatic rings. The second kappa shape index (κ2) is 8.60. The summed E-state index contributed by atoms with van der Waals surface area (Å²) >= 11 is 0. The zero-order valence-corrected chi connectivity index (χ0v) is 18.3. The third-order valence-corrected chi connectivity index (χ3v) is 6.57. The molecule has 1 fully saturated rings. The van der Waals surface area contributed by atoms with E-state index in [-0.39, 0.29) is 17.7 Å². The summed E-state index contributed by atoms with van der Waals surface area (Å²) in [4.78, 5) is 28.5. The SMILES string of the molecule is CCn1nc(C(=O)N2CCC(c3ccccc3C(F)(F)F)CC2)c2c1CN(C(C)=O)CC2. The van der Waals surface area contributed by atoms with Crippen LogP contribution in [0.4, 0.5) is 13.2 Å². The molecule has 0 aliphatic carbocycles. The predicted octanol–water partition coefficient (Wildman–Crippen LogP) is 3.85. The lowest BCUT2D eigenvalue weighted by molar-refractivity contribution is -0.138. The van der Waals surface area contributed by atoms with E-state index in [1.54, 1.807) is 26.6 Å². The molecule has 4 rings (SSSR count). The van der Waals surface area contributed by atoms with Crippen LogP contribution in [-0.4, -0.2) is 51.0 Å². The van der Waals surface area contributed by atoms with Crippen molar-refractivity contribution in [2.24, 2.45) is 0 Å². The summed E-state index contributed by atoms with van der Waals surface area (Å²) in [5.74, 6) is -0.413. The van der Waals surface area contributed by atoms with Crippen molar-refractivity contribution in [2.45, 2.75) is 58.3 Å². The number of carbonyl (C=O) groups is 2. The zero-order chi connectivity index (χ0) is 23.0. The number of nitrogens with zero attached hydrogens (tertiary/aromatic N) is 4. The van der Waals surface area contributed by atoms with E-state index in [1.165, 1.54) is 13.0 Å². The first-order chi connectivity index (χ1) is 15.2. The number of alkyl halides is 3. The maximum absolute atomic E-state index is 13.4. The molecule has 6 nitrogen and oxygen atoms in total. The highest BCUT2D eigenvalue weighted by molar-refractivity contribution is 5.94. The molecule has 0 radical (unpaired) electrons. The van der Waals surface area contributed by atoms with E-state index in [9.17, 15) is 22.8 Å². The van der Waals surface area contributed by atoms with Gasteiger partial charge in [0.15, 0.2) is 5.69 Å². The Labute approximate surface area is 185 Å². The first kappa shape index (κ1) is 22.4. The molecule has 0 atom stereocenters. The monoisotopic (exact) mass is 448 g/mol. The average molecular weight is 448 g/mol. The Bertz CT molecular complexity index is 1020. The van der Waals surface area contributed by atoms with Crippen LogP contribution in [0.3, 0.4) is 0 Å². The van der Waals surface area contributed by atoms with Gasteiger partial charge in [0.05, 0.1) is 17.8 Å². The molecule has 0 N–H and O–H groups in total. The Kier molecular flexibility index (Phi) is 6.01. The number of amides is 2. The van der Waals surface area contributed by atoms with Crippen molar-refractivity contribution in [1.29, 1.82) is 0 Å². The van der Waals surface area contributed by atoms with Crippen molar-refractivity contribution in [3.63, 3.8) is 0 Å². The van der Waals surface area contributed by atoms with Gasteiger partial charge in [0.25, 0.3) is 5.91 Å². The van der Waals surface area contributed by atoms with Crippen LogP contribution >= 0.6 is 0 Å². The van der Waals surface area contributed by atoms with Crippen molar-refractivity contribution in [3.8, 4) is 0 Å². The molecule has 2 amide bonds. The number of benzene rings is 1. The van der Waals surface area contributed by atoms with E-state index in [4.69, 9.17) is 0 Å². The summed E-state index contributed by atoms with van der Waals surface area (Å²) < 4.78 is 42.0. The molecule has 9 heteroatoms. The summed E-state index contributed by atoms with van der Waals surface area (Å²) in [6, 6.07) is 5.72. The molecule has 32 heavy (non-hydrogen) atoms. The summed E-state index contributed by atoms with van der Waals surface area (Å²) in [5.41, 5.74) is 1.92. The molecule has 0 unspecified atom stereocenters. The minimum Gasteiger partial charge on any atom is -0.337 e. The van der Waals surface area contributed by atoms with Crippen LogP contribution in [0.15, 0.2) is 24.3 Å². The lowest BCUT2D eigenvalue weighted by Gasteiger charge is -2.33. The van der Waals surface area contributed by atoms with E-state index in [0.717, 1.165) is 17.3 Å². The molecule has 2 aliphatic rings. The number of halogens is 3. The van der Waals surface area contributed by atoms with Gasteiger partial charge in [0.1, 0.15) is 0 Å². The normalized spacial score (nSPS) is 17.4. The summed E-state index contributed by atoms with van der Waals surface area (Å²) in [5, 5.41) is 4.54. The Balaban J connectivity index is 1.50. The van der Waals surface area contributed by atoms with Gasteiger partial charge in [0.2, 0.25) is 5.91 Å². The van der Waals surface area contributed by atoms with Gasteiger partial charge in [0, 0.05) is 38.7 Å². The number of aryl methyl sites for hydroxylation is 1. The van der Waals surface area contributed by atoms with Crippen LogP contribution in [0.1, 0.15) is 65.5 Å². The smallest absolute Gasteiger partial charge is 0.337 e. The molecule has 0 spiro atoms. The van der Waals surface area contributed by atoms with E-state index in [2.05, 4.69) is 5.10 Å². The molecule has 0 saturated carbocycles. The lowest BCUT2D eigenvalue weighted by atomic mass is 9.86. The number of carbonyl (C=O) groups excluding carboxylic acids is 2. The fourth-order valence-corrected chi connectivity index (χ4v) is 4.84. The molecule has 1 aromatic carbocycles. The van der Waals surface area contributed by atoms with Crippen molar-refractivity contribution in [1.82, 2.24) is 19.6 Å². The maximum atomic E-state index is 13.4.